The third-order valence-electron chi connectivity index (χ3n) is 12.5. The number of carbonyl (C=O) groups excluding carboxylic acids is 2. The van der Waals surface area contributed by atoms with Crippen LogP contribution in [-0.2, 0) is 14.3 Å². The highest BCUT2D eigenvalue weighted by molar-refractivity contribution is 5.95. The number of hydrogen-bond acceptors (Lipinski definition) is 4. The van der Waals surface area contributed by atoms with Crippen molar-refractivity contribution in [3.8, 4) is 0 Å². The first-order valence-corrected chi connectivity index (χ1v) is 13.5. The summed E-state index contributed by atoms with van der Waals surface area (Å²) in [6.45, 7) is 12.1. The van der Waals surface area contributed by atoms with E-state index in [2.05, 4.69) is 40.7 Å². The van der Waals surface area contributed by atoms with Gasteiger partial charge in [-0.1, -0.05) is 40.2 Å². The van der Waals surface area contributed by atoms with Crippen LogP contribution in [0, 0.1) is 51.2 Å². The second-order valence-electron chi connectivity index (χ2n) is 13.6. The van der Waals surface area contributed by atoms with Crippen molar-refractivity contribution < 1.29 is 14.3 Å². The van der Waals surface area contributed by atoms with Crippen LogP contribution in [-0.4, -0.2) is 24.9 Å². The van der Waals surface area contributed by atoms with Gasteiger partial charge in [0.05, 0.1) is 13.0 Å². The number of ketones is 1. The molecule has 4 heteroatoms. The highest BCUT2D eigenvalue weighted by Gasteiger charge is 2.68. The Kier molecular flexibility index (Phi) is 5.30. The lowest BCUT2D eigenvalue weighted by atomic mass is 9.34. The summed E-state index contributed by atoms with van der Waals surface area (Å²) in [6.07, 6.45) is 11.6. The number of carbonyl (C=O) groups is 2. The van der Waals surface area contributed by atoms with Crippen molar-refractivity contribution in [2.45, 2.75) is 98.4 Å². The lowest BCUT2D eigenvalue weighted by Crippen LogP contribution is -2.65. The minimum absolute atomic E-state index is 0.0184. The molecule has 5 aliphatic carbocycles. The SMILES string of the molecule is COC(=O)[C@H]1CC[C@]2(C)CC[C@]3(C)C(=CC(=O)C4[C@@]5(C)CCC(N)[C@H](C)C5CC[C@]43C)[C@@H]2C1. The molecule has 0 aromatic carbocycles. The van der Waals surface area contributed by atoms with Crippen LogP contribution in [0.4, 0.5) is 0 Å². The maximum atomic E-state index is 14.1. The van der Waals surface area contributed by atoms with E-state index in [0.717, 1.165) is 44.9 Å². The summed E-state index contributed by atoms with van der Waals surface area (Å²) in [6, 6.07) is 0.265. The van der Waals surface area contributed by atoms with Crippen LogP contribution in [0.25, 0.3) is 0 Å². The van der Waals surface area contributed by atoms with Crippen LogP contribution >= 0.6 is 0 Å². The van der Waals surface area contributed by atoms with Crippen molar-refractivity contribution in [3.63, 3.8) is 0 Å². The Balaban J connectivity index is 1.58. The molecule has 0 amide bonds. The van der Waals surface area contributed by atoms with Gasteiger partial charge >= 0.3 is 5.97 Å². The summed E-state index contributed by atoms with van der Waals surface area (Å²) in [5.74, 6) is 1.66. The molecule has 5 aliphatic rings. The molecule has 2 N–H and O–H groups in total. The molecule has 4 saturated carbocycles. The van der Waals surface area contributed by atoms with Gasteiger partial charge in [-0.15, -0.1) is 0 Å². The molecule has 10 atom stereocenters. The van der Waals surface area contributed by atoms with Crippen molar-refractivity contribution in [2.75, 3.05) is 7.11 Å². The number of ether oxygens (including phenoxy) is 1. The van der Waals surface area contributed by atoms with E-state index in [1.165, 1.54) is 25.5 Å². The Hall–Kier alpha value is -1.16. The summed E-state index contributed by atoms with van der Waals surface area (Å²) < 4.78 is 5.15. The third-order valence-corrected chi connectivity index (χ3v) is 12.5. The number of hydrogen-bond donors (Lipinski definition) is 1. The molecule has 0 radical (unpaired) electrons. The highest BCUT2D eigenvalue weighted by Crippen LogP contribution is 2.73. The fraction of sp³-hybridized carbons (Fsp3) is 0.862. The number of allylic oxidation sites excluding steroid dienone is 2. The molecule has 33 heavy (non-hydrogen) atoms. The second kappa shape index (κ2) is 7.42. The van der Waals surface area contributed by atoms with Crippen LogP contribution < -0.4 is 5.73 Å². The summed E-state index contributed by atoms with van der Waals surface area (Å²) in [5.41, 5.74) is 8.10. The van der Waals surface area contributed by atoms with Gasteiger partial charge in [0.15, 0.2) is 5.78 Å². The summed E-state index contributed by atoms with van der Waals surface area (Å²) in [5, 5.41) is 0. The fourth-order valence-electron chi connectivity index (χ4n) is 10.1. The smallest absolute Gasteiger partial charge is 0.308 e. The van der Waals surface area contributed by atoms with Crippen molar-refractivity contribution in [1.29, 1.82) is 0 Å². The van der Waals surface area contributed by atoms with E-state index in [4.69, 9.17) is 10.5 Å². The highest BCUT2D eigenvalue weighted by atomic mass is 16.5. The normalized spacial score (nSPS) is 53.7. The average Bonchev–Trinajstić information content (AvgIpc) is 2.77. The van der Waals surface area contributed by atoms with E-state index in [1.807, 2.05) is 0 Å². The number of methoxy groups -OCH3 is 1. The minimum atomic E-state index is -0.0725. The zero-order valence-electron chi connectivity index (χ0n) is 21.7. The van der Waals surface area contributed by atoms with Crippen LogP contribution in [0.1, 0.15) is 92.4 Å². The van der Waals surface area contributed by atoms with Crippen LogP contribution in [0.15, 0.2) is 11.6 Å². The molecule has 184 valence electrons. The van der Waals surface area contributed by atoms with E-state index in [1.54, 1.807) is 0 Å². The Morgan fingerprint density at radius 1 is 1.03 bits per heavy atom. The van der Waals surface area contributed by atoms with Gasteiger partial charge in [-0.25, -0.2) is 0 Å². The first-order chi connectivity index (χ1) is 15.4. The Bertz CT molecular complexity index is 895. The predicted octanol–water partition coefficient (Wildman–Crippen LogP) is 5.69. The zero-order valence-corrected chi connectivity index (χ0v) is 21.7. The van der Waals surface area contributed by atoms with Gasteiger partial charge in [-0.3, -0.25) is 9.59 Å². The molecule has 0 aromatic rings. The summed E-state index contributed by atoms with van der Waals surface area (Å²) >= 11 is 0. The minimum Gasteiger partial charge on any atom is -0.469 e. The van der Waals surface area contributed by atoms with E-state index in [0.29, 0.717) is 23.5 Å². The molecule has 4 fully saturated rings. The maximum Gasteiger partial charge on any atom is 0.308 e. The monoisotopic (exact) mass is 455 g/mol. The Morgan fingerprint density at radius 3 is 2.45 bits per heavy atom. The van der Waals surface area contributed by atoms with E-state index >= 15 is 0 Å². The van der Waals surface area contributed by atoms with Crippen LogP contribution in [0.2, 0.25) is 0 Å². The van der Waals surface area contributed by atoms with Gasteiger partial charge in [0.1, 0.15) is 0 Å². The standard InChI is InChI=1S/C29H45NO3/c1-17-19-8-12-29(5)24(27(19,3)11-9-22(17)30)23(31)16-21-20-15-18(25(32)33-6)7-10-26(20,2)13-14-28(21,29)4/h16-20,22,24H,7-15,30H2,1-6H3/t17-,18+,19?,20+,22?,24?,26-,27+,28-,29-/m1/s1. The molecule has 0 bridgehead atoms. The van der Waals surface area contributed by atoms with Gasteiger partial charge < -0.3 is 10.5 Å². The van der Waals surface area contributed by atoms with Gasteiger partial charge in [-0.05, 0) is 103 Å². The quantitative estimate of drug-likeness (QED) is 0.516. The van der Waals surface area contributed by atoms with Gasteiger partial charge in [0, 0.05) is 12.0 Å². The molecule has 3 unspecified atom stereocenters. The van der Waals surface area contributed by atoms with Crippen molar-refractivity contribution in [2.24, 2.45) is 57.0 Å². The largest absolute Gasteiger partial charge is 0.469 e. The van der Waals surface area contributed by atoms with Gasteiger partial charge in [0.25, 0.3) is 0 Å². The molecule has 4 nitrogen and oxygen atoms in total. The first kappa shape index (κ1) is 23.6. The fourth-order valence-corrected chi connectivity index (χ4v) is 10.1. The van der Waals surface area contributed by atoms with Crippen LogP contribution in [0.3, 0.4) is 0 Å². The van der Waals surface area contributed by atoms with E-state index in [-0.39, 0.29) is 45.5 Å². The molecule has 0 aliphatic heterocycles. The van der Waals surface area contributed by atoms with Crippen molar-refractivity contribution in [3.05, 3.63) is 11.6 Å². The van der Waals surface area contributed by atoms with Gasteiger partial charge in [0.2, 0.25) is 0 Å². The maximum absolute atomic E-state index is 14.1. The van der Waals surface area contributed by atoms with Crippen molar-refractivity contribution in [1.82, 2.24) is 0 Å². The predicted molar refractivity (Wildman–Crippen MR) is 130 cm³/mol. The number of rotatable bonds is 1. The molecule has 5 rings (SSSR count). The molecule has 0 heterocycles. The Labute approximate surface area is 200 Å². The summed E-state index contributed by atoms with van der Waals surface area (Å²) in [4.78, 5) is 26.6. The molecule has 0 spiro atoms. The van der Waals surface area contributed by atoms with Crippen molar-refractivity contribution >= 4 is 11.8 Å². The zero-order chi connectivity index (χ0) is 24.0. The van der Waals surface area contributed by atoms with Crippen LogP contribution in [0.5, 0.6) is 0 Å². The van der Waals surface area contributed by atoms with Gasteiger partial charge in [-0.2, -0.15) is 0 Å². The topological polar surface area (TPSA) is 69.4 Å². The third kappa shape index (κ3) is 2.98. The average molecular weight is 456 g/mol. The van der Waals surface area contributed by atoms with E-state index < -0.39 is 0 Å². The molecule has 0 saturated heterocycles. The second-order valence-corrected chi connectivity index (χ2v) is 13.6. The number of fused-ring (bicyclic) bond motifs is 7. The number of nitrogens with two attached hydrogens (primary N) is 1. The Morgan fingerprint density at radius 2 is 1.76 bits per heavy atom. The molecular formula is C29H45NO3. The lowest BCUT2D eigenvalue weighted by Gasteiger charge is -2.69. The molecular weight excluding hydrogens is 410 g/mol. The summed E-state index contributed by atoms with van der Waals surface area (Å²) in [7, 11) is 1.51. The lowest BCUT2D eigenvalue weighted by molar-refractivity contribution is -0.176. The number of esters is 1. The first-order valence-electron chi connectivity index (χ1n) is 13.5. The van der Waals surface area contributed by atoms with E-state index in [9.17, 15) is 9.59 Å². The molecule has 0 aromatic heterocycles.